The summed E-state index contributed by atoms with van der Waals surface area (Å²) in [7, 11) is 1.40. The maximum absolute atomic E-state index is 12.5. The average molecular weight is 429 g/mol. The van der Waals surface area contributed by atoms with Crippen LogP contribution in [-0.4, -0.2) is 38.3 Å². The molecule has 0 fully saturated rings. The van der Waals surface area contributed by atoms with E-state index in [0.717, 1.165) is 0 Å². The number of ether oxygens (including phenoxy) is 4. The van der Waals surface area contributed by atoms with Crippen LogP contribution in [0.5, 0.6) is 5.75 Å². The van der Waals surface area contributed by atoms with E-state index >= 15 is 0 Å². The van der Waals surface area contributed by atoms with Gasteiger partial charge in [-0.3, -0.25) is 0 Å². The predicted molar refractivity (Wildman–Crippen MR) is 87.5 cm³/mol. The van der Waals surface area contributed by atoms with Gasteiger partial charge in [-0.25, -0.2) is 4.79 Å². The minimum Gasteiger partial charge on any atom is -0.465 e. The SMILES string of the molecule is COCOc1c(Br)ccc(COCC(F)(F)F)c1C(=O)OC(C)(C)C. The molecule has 9 heteroatoms. The molecule has 0 radical (unpaired) electrons. The van der Waals surface area contributed by atoms with Crippen molar-refractivity contribution in [2.24, 2.45) is 0 Å². The molecule has 0 aliphatic rings. The quantitative estimate of drug-likeness (QED) is 0.473. The van der Waals surface area contributed by atoms with Gasteiger partial charge in [0, 0.05) is 7.11 Å². The Morgan fingerprint density at radius 2 is 1.84 bits per heavy atom. The first kappa shape index (κ1) is 21.7. The summed E-state index contributed by atoms with van der Waals surface area (Å²) in [6.45, 7) is 3.03. The largest absolute Gasteiger partial charge is 0.465 e. The van der Waals surface area contributed by atoms with Crippen LogP contribution in [0.2, 0.25) is 0 Å². The second-order valence-electron chi connectivity index (χ2n) is 6.07. The van der Waals surface area contributed by atoms with E-state index in [0.29, 0.717) is 4.47 Å². The fraction of sp³-hybridized carbons (Fsp3) is 0.562. The minimum absolute atomic E-state index is 0.0106. The van der Waals surface area contributed by atoms with Crippen molar-refractivity contribution in [3.05, 3.63) is 27.7 Å². The molecule has 0 heterocycles. The second kappa shape index (κ2) is 8.86. The molecule has 5 nitrogen and oxygen atoms in total. The Bertz CT molecular complexity index is 597. The van der Waals surface area contributed by atoms with Crippen molar-refractivity contribution < 1.29 is 36.9 Å². The highest BCUT2D eigenvalue weighted by atomic mass is 79.9. The van der Waals surface area contributed by atoms with Crippen LogP contribution in [0.25, 0.3) is 0 Å². The van der Waals surface area contributed by atoms with Gasteiger partial charge in [0.15, 0.2) is 12.5 Å². The van der Waals surface area contributed by atoms with Gasteiger partial charge < -0.3 is 18.9 Å². The Balaban J connectivity index is 3.19. The van der Waals surface area contributed by atoms with Gasteiger partial charge >= 0.3 is 12.1 Å². The van der Waals surface area contributed by atoms with Gasteiger partial charge in [0.2, 0.25) is 0 Å². The lowest BCUT2D eigenvalue weighted by Crippen LogP contribution is -2.25. The third-order valence-corrected chi connectivity index (χ3v) is 3.27. The Morgan fingerprint density at radius 3 is 2.36 bits per heavy atom. The molecule has 1 rings (SSSR count). The number of rotatable bonds is 7. The fourth-order valence-electron chi connectivity index (χ4n) is 1.81. The second-order valence-corrected chi connectivity index (χ2v) is 6.93. The van der Waals surface area contributed by atoms with Crippen molar-refractivity contribution in [2.45, 2.75) is 39.2 Å². The molecular formula is C16H20BrF3O5. The monoisotopic (exact) mass is 428 g/mol. The molecular weight excluding hydrogens is 409 g/mol. The van der Waals surface area contributed by atoms with E-state index in [9.17, 15) is 18.0 Å². The molecule has 0 spiro atoms. The molecule has 0 amide bonds. The van der Waals surface area contributed by atoms with Crippen molar-refractivity contribution in [1.29, 1.82) is 0 Å². The van der Waals surface area contributed by atoms with Gasteiger partial charge in [-0.2, -0.15) is 13.2 Å². The molecule has 1 aromatic rings. The first-order chi connectivity index (χ1) is 11.4. The van der Waals surface area contributed by atoms with Crippen LogP contribution in [-0.2, 0) is 20.8 Å². The van der Waals surface area contributed by atoms with E-state index in [1.807, 2.05) is 0 Å². The van der Waals surface area contributed by atoms with Crippen LogP contribution in [0.3, 0.4) is 0 Å². The molecule has 0 bridgehead atoms. The summed E-state index contributed by atoms with van der Waals surface area (Å²) in [5, 5.41) is 0. The van der Waals surface area contributed by atoms with E-state index in [1.165, 1.54) is 13.2 Å². The van der Waals surface area contributed by atoms with E-state index in [-0.39, 0.29) is 23.7 Å². The molecule has 25 heavy (non-hydrogen) atoms. The smallest absolute Gasteiger partial charge is 0.411 e. The summed E-state index contributed by atoms with van der Waals surface area (Å²) < 4.78 is 57.5. The van der Waals surface area contributed by atoms with E-state index in [1.54, 1.807) is 26.8 Å². The summed E-state index contributed by atoms with van der Waals surface area (Å²) in [6, 6.07) is 3.02. The number of esters is 1. The molecule has 0 aromatic heterocycles. The number of carbonyl (C=O) groups is 1. The van der Waals surface area contributed by atoms with Crippen molar-refractivity contribution in [3.63, 3.8) is 0 Å². The molecule has 0 N–H and O–H groups in total. The first-order valence-electron chi connectivity index (χ1n) is 7.25. The van der Waals surface area contributed by atoms with Crippen LogP contribution in [0.15, 0.2) is 16.6 Å². The maximum atomic E-state index is 12.5. The normalized spacial score (nSPS) is 12.2. The molecule has 0 unspecified atom stereocenters. The van der Waals surface area contributed by atoms with Gasteiger partial charge in [0.25, 0.3) is 0 Å². The summed E-state index contributed by atoms with van der Waals surface area (Å²) in [5.41, 5.74) is -0.585. The lowest BCUT2D eigenvalue weighted by molar-refractivity contribution is -0.176. The molecule has 0 aliphatic carbocycles. The Labute approximate surface area is 152 Å². The number of hydrogen-bond donors (Lipinski definition) is 0. The molecule has 1 aromatic carbocycles. The van der Waals surface area contributed by atoms with Crippen molar-refractivity contribution in [2.75, 3.05) is 20.5 Å². The summed E-state index contributed by atoms with van der Waals surface area (Å²) >= 11 is 3.25. The van der Waals surface area contributed by atoms with Gasteiger partial charge in [0.05, 0.1) is 11.1 Å². The number of methoxy groups -OCH3 is 1. The highest BCUT2D eigenvalue weighted by Gasteiger charge is 2.29. The first-order valence-corrected chi connectivity index (χ1v) is 8.05. The van der Waals surface area contributed by atoms with Crippen LogP contribution in [0.4, 0.5) is 13.2 Å². The lowest BCUT2D eigenvalue weighted by Gasteiger charge is -2.22. The zero-order chi connectivity index (χ0) is 19.3. The molecule has 0 saturated carbocycles. The summed E-state index contributed by atoms with van der Waals surface area (Å²) in [5.74, 6) is -0.616. The van der Waals surface area contributed by atoms with Crippen molar-refractivity contribution in [1.82, 2.24) is 0 Å². The van der Waals surface area contributed by atoms with Crippen molar-refractivity contribution >= 4 is 21.9 Å². The number of halogens is 4. The predicted octanol–water partition coefficient (Wildman–Crippen LogP) is 4.47. The zero-order valence-corrected chi connectivity index (χ0v) is 15.9. The molecule has 0 saturated heterocycles. The highest BCUT2D eigenvalue weighted by molar-refractivity contribution is 9.10. The van der Waals surface area contributed by atoms with Crippen LogP contribution in [0.1, 0.15) is 36.7 Å². The van der Waals surface area contributed by atoms with Gasteiger partial charge in [-0.05, 0) is 48.3 Å². The van der Waals surface area contributed by atoms with Crippen LogP contribution >= 0.6 is 15.9 Å². The van der Waals surface area contributed by atoms with Crippen molar-refractivity contribution in [3.8, 4) is 5.75 Å². The number of hydrogen-bond acceptors (Lipinski definition) is 5. The van der Waals surface area contributed by atoms with E-state index in [2.05, 4.69) is 20.7 Å². The minimum atomic E-state index is -4.46. The Hall–Kier alpha value is -1.32. The average Bonchev–Trinajstić information content (AvgIpc) is 2.43. The molecule has 142 valence electrons. The zero-order valence-electron chi connectivity index (χ0n) is 14.3. The van der Waals surface area contributed by atoms with Gasteiger partial charge in [-0.1, -0.05) is 6.07 Å². The fourth-order valence-corrected chi connectivity index (χ4v) is 2.25. The third kappa shape index (κ3) is 7.62. The van der Waals surface area contributed by atoms with E-state index in [4.69, 9.17) is 14.2 Å². The maximum Gasteiger partial charge on any atom is 0.411 e. The van der Waals surface area contributed by atoms with Gasteiger partial charge in [-0.15, -0.1) is 0 Å². The topological polar surface area (TPSA) is 54.0 Å². The Morgan fingerprint density at radius 1 is 1.20 bits per heavy atom. The van der Waals surface area contributed by atoms with Gasteiger partial charge in [0.1, 0.15) is 17.8 Å². The number of carbonyl (C=O) groups excluding carboxylic acids is 1. The standard InChI is InChI=1S/C16H20BrF3O5/c1-15(2,3)25-14(21)12-10(7-23-8-16(18,19)20)5-6-11(17)13(12)24-9-22-4/h5-6H,7-9H2,1-4H3. The van der Waals surface area contributed by atoms with Crippen LogP contribution < -0.4 is 4.74 Å². The van der Waals surface area contributed by atoms with E-state index < -0.39 is 31.0 Å². The highest BCUT2D eigenvalue weighted by Crippen LogP contribution is 2.34. The summed E-state index contributed by atoms with van der Waals surface area (Å²) in [4.78, 5) is 12.5. The Kier molecular flexibility index (Phi) is 7.70. The lowest BCUT2D eigenvalue weighted by atomic mass is 10.1. The third-order valence-electron chi connectivity index (χ3n) is 2.64. The van der Waals surface area contributed by atoms with Crippen LogP contribution in [0, 0.1) is 0 Å². The summed E-state index contributed by atoms with van der Waals surface area (Å²) in [6.07, 6.45) is -4.46. The molecule has 0 aliphatic heterocycles. The molecule has 0 atom stereocenters. The number of benzene rings is 1. The number of alkyl halides is 3.